The fourth-order valence-electron chi connectivity index (χ4n) is 1.86. The number of nitrogens with zero attached hydrogens (tertiary/aromatic N) is 2. The Morgan fingerprint density at radius 1 is 1.15 bits per heavy atom. The summed E-state index contributed by atoms with van der Waals surface area (Å²) in [5.41, 5.74) is 0.923. The SMILES string of the molecule is O=C(COc1ccccc1)Nc1ncc2ccccn12. The fraction of sp³-hybridized carbons (Fsp3) is 0.0667. The number of imidazole rings is 1. The summed E-state index contributed by atoms with van der Waals surface area (Å²) in [6.07, 6.45) is 3.55. The summed E-state index contributed by atoms with van der Waals surface area (Å²) in [7, 11) is 0. The average molecular weight is 267 g/mol. The molecule has 2 heterocycles. The van der Waals surface area contributed by atoms with Gasteiger partial charge in [0.05, 0.1) is 11.7 Å². The first-order valence-corrected chi connectivity index (χ1v) is 6.23. The van der Waals surface area contributed by atoms with Gasteiger partial charge in [0.1, 0.15) is 5.75 Å². The van der Waals surface area contributed by atoms with Gasteiger partial charge in [-0.2, -0.15) is 0 Å². The van der Waals surface area contributed by atoms with Gasteiger partial charge < -0.3 is 4.74 Å². The number of nitrogens with one attached hydrogen (secondary N) is 1. The highest BCUT2D eigenvalue weighted by atomic mass is 16.5. The predicted octanol–water partition coefficient (Wildman–Crippen LogP) is 2.35. The molecule has 5 nitrogen and oxygen atoms in total. The molecule has 0 saturated heterocycles. The van der Waals surface area contributed by atoms with E-state index >= 15 is 0 Å². The van der Waals surface area contributed by atoms with Gasteiger partial charge in [-0.3, -0.25) is 14.5 Å². The number of amides is 1. The van der Waals surface area contributed by atoms with Crippen molar-refractivity contribution in [2.45, 2.75) is 0 Å². The van der Waals surface area contributed by atoms with Crippen molar-refractivity contribution in [2.75, 3.05) is 11.9 Å². The number of fused-ring (bicyclic) bond motifs is 1. The summed E-state index contributed by atoms with van der Waals surface area (Å²) in [5, 5.41) is 2.72. The Kier molecular flexibility index (Phi) is 3.33. The second kappa shape index (κ2) is 5.44. The maximum atomic E-state index is 11.8. The van der Waals surface area contributed by atoms with Crippen LogP contribution < -0.4 is 10.1 Å². The number of rotatable bonds is 4. The van der Waals surface area contributed by atoms with Gasteiger partial charge in [0.15, 0.2) is 6.61 Å². The number of ether oxygens (including phenoxy) is 1. The molecule has 0 atom stereocenters. The number of benzene rings is 1. The van der Waals surface area contributed by atoms with Crippen LogP contribution in [0.1, 0.15) is 0 Å². The van der Waals surface area contributed by atoms with Gasteiger partial charge in [-0.05, 0) is 24.3 Å². The molecule has 2 aromatic heterocycles. The van der Waals surface area contributed by atoms with Gasteiger partial charge in [-0.15, -0.1) is 0 Å². The third-order valence-electron chi connectivity index (χ3n) is 2.80. The lowest BCUT2D eigenvalue weighted by atomic mass is 10.3. The van der Waals surface area contributed by atoms with E-state index in [1.807, 2.05) is 42.6 Å². The molecule has 0 saturated carbocycles. The summed E-state index contributed by atoms with van der Waals surface area (Å²) < 4.78 is 7.19. The maximum absolute atomic E-state index is 11.8. The summed E-state index contributed by atoms with van der Waals surface area (Å²) in [5.74, 6) is 0.906. The largest absolute Gasteiger partial charge is 0.484 e. The van der Waals surface area contributed by atoms with E-state index in [0.29, 0.717) is 11.7 Å². The maximum Gasteiger partial charge on any atom is 0.264 e. The normalized spacial score (nSPS) is 10.4. The van der Waals surface area contributed by atoms with Crippen LogP contribution in [-0.2, 0) is 4.79 Å². The molecular formula is C15H13N3O2. The Bertz CT molecular complexity index is 722. The van der Waals surface area contributed by atoms with Gasteiger partial charge in [-0.1, -0.05) is 24.3 Å². The first-order valence-electron chi connectivity index (χ1n) is 6.23. The van der Waals surface area contributed by atoms with Gasteiger partial charge in [0.25, 0.3) is 5.91 Å². The van der Waals surface area contributed by atoms with Crippen LogP contribution in [0.3, 0.4) is 0 Å². The van der Waals surface area contributed by atoms with Crippen LogP contribution in [0, 0.1) is 0 Å². The third-order valence-corrected chi connectivity index (χ3v) is 2.80. The molecule has 1 N–H and O–H groups in total. The molecule has 0 aliphatic carbocycles. The molecule has 20 heavy (non-hydrogen) atoms. The van der Waals surface area contributed by atoms with Crippen molar-refractivity contribution < 1.29 is 9.53 Å². The van der Waals surface area contributed by atoms with E-state index in [0.717, 1.165) is 5.52 Å². The number of anilines is 1. The monoisotopic (exact) mass is 267 g/mol. The molecule has 0 radical (unpaired) electrons. The Morgan fingerprint density at radius 3 is 2.80 bits per heavy atom. The zero-order valence-corrected chi connectivity index (χ0v) is 10.7. The Hall–Kier alpha value is -2.82. The number of hydrogen-bond donors (Lipinski definition) is 1. The fourth-order valence-corrected chi connectivity index (χ4v) is 1.86. The molecule has 0 bridgehead atoms. The first kappa shape index (κ1) is 12.2. The van der Waals surface area contributed by atoms with Crippen LogP contribution in [-0.4, -0.2) is 21.9 Å². The molecule has 3 rings (SSSR count). The molecular weight excluding hydrogens is 254 g/mol. The number of carbonyl (C=O) groups excluding carboxylic acids is 1. The van der Waals surface area contributed by atoms with E-state index in [1.54, 1.807) is 22.7 Å². The van der Waals surface area contributed by atoms with Crippen molar-refractivity contribution in [2.24, 2.45) is 0 Å². The van der Waals surface area contributed by atoms with Crippen molar-refractivity contribution in [1.29, 1.82) is 0 Å². The molecule has 3 aromatic rings. The standard InChI is InChI=1S/C15H13N3O2/c19-14(11-20-13-7-2-1-3-8-13)17-15-16-10-12-6-4-5-9-18(12)15/h1-10H,11H2,(H,16,17,19). The number of para-hydroxylation sites is 1. The number of pyridine rings is 1. The van der Waals surface area contributed by atoms with Crippen LogP contribution in [0.5, 0.6) is 5.75 Å². The minimum Gasteiger partial charge on any atom is -0.484 e. The van der Waals surface area contributed by atoms with Crippen LogP contribution >= 0.6 is 0 Å². The van der Waals surface area contributed by atoms with E-state index in [9.17, 15) is 4.79 Å². The summed E-state index contributed by atoms with van der Waals surface area (Å²) in [4.78, 5) is 16.0. The van der Waals surface area contributed by atoms with Crippen molar-refractivity contribution >= 4 is 17.4 Å². The zero-order valence-electron chi connectivity index (χ0n) is 10.7. The Morgan fingerprint density at radius 2 is 1.95 bits per heavy atom. The highest BCUT2D eigenvalue weighted by Gasteiger charge is 2.08. The predicted molar refractivity (Wildman–Crippen MR) is 75.8 cm³/mol. The molecule has 0 aliphatic heterocycles. The van der Waals surface area contributed by atoms with Crippen molar-refractivity contribution in [3.05, 3.63) is 60.9 Å². The quantitative estimate of drug-likeness (QED) is 0.789. The minimum absolute atomic E-state index is 0.0498. The molecule has 100 valence electrons. The van der Waals surface area contributed by atoms with Crippen molar-refractivity contribution in [3.8, 4) is 5.75 Å². The van der Waals surface area contributed by atoms with Crippen LogP contribution in [0.2, 0.25) is 0 Å². The topological polar surface area (TPSA) is 55.6 Å². The molecule has 1 amide bonds. The van der Waals surface area contributed by atoms with Crippen molar-refractivity contribution in [1.82, 2.24) is 9.38 Å². The van der Waals surface area contributed by atoms with Gasteiger partial charge in [0.2, 0.25) is 5.95 Å². The highest BCUT2D eigenvalue weighted by molar-refractivity contribution is 5.90. The summed E-state index contributed by atoms with van der Waals surface area (Å²) in [6, 6.07) is 14.9. The summed E-state index contributed by atoms with van der Waals surface area (Å²) in [6.45, 7) is -0.0498. The lowest BCUT2D eigenvalue weighted by Gasteiger charge is -2.06. The lowest BCUT2D eigenvalue weighted by molar-refractivity contribution is -0.118. The second-order valence-electron chi connectivity index (χ2n) is 4.23. The number of hydrogen-bond acceptors (Lipinski definition) is 3. The lowest BCUT2D eigenvalue weighted by Crippen LogP contribution is -2.21. The number of carbonyl (C=O) groups is 1. The van der Waals surface area contributed by atoms with E-state index in [1.165, 1.54) is 0 Å². The third kappa shape index (κ3) is 2.61. The molecule has 5 heteroatoms. The molecule has 1 aromatic carbocycles. The van der Waals surface area contributed by atoms with Gasteiger partial charge >= 0.3 is 0 Å². The molecule has 0 spiro atoms. The van der Waals surface area contributed by atoms with Crippen LogP contribution in [0.25, 0.3) is 5.52 Å². The molecule has 0 unspecified atom stereocenters. The Labute approximate surface area is 115 Å². The van der Waals surface area contributed by atoms with E-state index in [4.69, 9.17) is 4.74 Å². The second-order valence-corrected chi connectivity index (χ2v) is 4.23. The smallest absolute Gasteiger partial charge is 0.264 e. The van der Waals surface area contributed by atoms with Gasteiger partial charge in [-0.25, -0.2) is 4.98 Å². The van der Waals surface area contributed by atoms with Crippen LogP contribution in [0.15, 0.2) is 60.9 Å². The average Bonchev–Trinajstić information content (AvgIpc) is 2.90. The number of aromatic nitrogens is 2. The van der Waals surface area contributed by atoms with E-state index in [2.05, 4.69) is 10.3 Å². The first-order chi connectivity index (χ1) is 9.83. The minimum atomic E-state index is -0.245. The molecule has 0 aliphatic rings. The zero-order chi connectivity index (χ0) is 13.8. The van der Waals surface area contributed by atoms with Crippen LogP contribution in [0.4, 0.5) is 5.95 Å². The van der Waals surface area contributed by atoms with Crippen molar-refractivity contribution in [3.63, 3.8) is 0 Å². The molecule has 0 fully saturated rings. The highest BCUT2D eigenvalue weighted by Crippen LogP contribution is 2.11. The summed E-state index contributed by atoms with van der Waals surface area (Å²) >= 11 is 0. The Balaban J connectivity index is 1.64. The van der Waals surface area contributed by atoms with E-state index in [-0.39, 0.29) is 12.5 Å². The van der Waals surface area contributed by atoms with E-state index < -0.39 is 0 Å². The van der Waals surface area contributed by atoms with Gasteiger partial charge in [0, 0.05) is 6.20 Å².